The predicted molar refractivity (Wildman–Crippen MR) is 435 cm³/mol. The van der Waals surface area contributed by atoms with E-state index in [0.717, 1.165) is 88.6 Å². The molecule has 0 aliphatic rings. The van der Waals surface area contributed by atoms with Gasteiger partial charge in [-0.1, -0.05) is 285 Å². The largest absolute Gasteiger partial charge is 0.472 e. The molecule has 0 unspecified atom stereocenters. The molecule has 0 atom stereocenters. The Morgan fingerprint density at radius 2 is 0.567 bits per heavy atom. The quantitative estimate of drug-likeness (QED) is 0.0514. The fraction of sp³-hybridized carbons (Fsp3) is 0.0215. The highest BCUT2D eigenvalue weighted by atomic mass is 35.5. The summed E-state index contributed by atoms with van der Waals surface area (Å²) < 4.78 is 12.7. The number of fused-ring (bicyclic) bond motifs is 5. The van der Waals surface area contributed by atoms with Crippen LogP contribution in [0.2, 0.25) is 0 Å². The number of nitrogens with one attached hydrogen (secondary N) is 1. The van der Waals surface area contributed by atoms with Crippen molar-refractivity contribution in [2.45, 2.75) is 13.2 Å². The van der Waals surface area contributed by atoms with Crippen LogP contribution in [0, 0.1) is 0 Å². The molecule has 0 radical (unpaired) electrons. The zero-order valence-corrected chi connectivity index (χ0v) is 58.2. The molecular weight excluding hydrogens is 1320 g/mol. The first-order valence-electron chi connectivity index (χ1n) is 33.8. The minimum atomic E-state index is -0.411. The van der Waals surface area contributed by atoms with Crippen LogP contribution in [0.5, 0.6) is 0 Å². The van der Waals surface area contributed by atoms with Crippen molar-refractivity contribution >= 4 is 134 Å². The van der Waals surface area contributed by atoms with E-state index in [9.17, 15) is 9.59 Å². The predicted octanol–water partition coefficient (Wildman–Crippen LogP) is 24.3. The SMILES string of the molecule is ClC(=Nc1ccccc1)c1ccc2ccccc2c1.Nc1ccccc1.O=C(Cl)c1ccc2ccccc2c1.O=C(Nc1ccccc1)c1ccc2ccccc2c1.c1ccc(N=C(OCc2ccc(COC(=Nc3ccccc3)c3ccc4ccccc4c3)cc2)c2ccc3ccccc3c2)cc1. The molecule has 16 aromatic carbocycles. The van der Waals surface area contributed by atoms with Crippen molar-refractivity contribution < 1.29 is 19.1 Å². The Balaban J connectivity index is 0.000000143. The van der Waals surface area contributed by atoms with Crippen LogP contribution in [0.15, 0.2) is 403 Å². The highest BCUT2D eigenvalue weighted by molar-refractivity contribution is 6.70. The Kier molecular flexibility index (Phi) is 24.7. The molecule has 16 rings (SSSR count). The third-order valence-corrected chi connectivity index (χ3v) is 17.1. The smallest absolute Gasteiger partial charge is 0.255 e. The number of halogens is 2. The number of ether oxygens (including phenoxy) is 2. The molecule has 11 heteroatoms. The molecule has 0 spiro atoms. The molecule has 0 aliphatic carbocycles. The number of rotatable bonds is 13. The number of nitrogens with two attached hydrogens (primary N) is 1. The van der Waals surface area contributed by atoms with Gasteiger partial charge >= 0.3 is 0 Å². The van der Waals surface area contributed by atoms with Gasteiger partial charge in [-0.3, -0.25) is 9.59 Å². The first-order valence-corrected chi connectivity index (χ1v) is 34.6. The van der Waals surface area contributed by atoms with Gasteiger partial charge in [0.25, 0.3) is 11.1 Å². The van der Waals surface area contributed by atoms with E-state index in [4.69, 9.17) is 48.4 Å². The van der Waals surface area contributed by atoms with Crippen molar-refractivity contribution in [1.29, 1.82) is 0 Å². The lowest BCUT2D eigenvalue weighted by Gasteiger charge is -2.13. The lowest BCUT2D eigenvalue weighted by atomic mass is 10.1. The lowest BCUT2D eigenvalue weighted by Crippen LogP contribution is -2.11. The maximum absolute atomic E-state index is 12.1. The van der Waals surface area contributed by atoms with Gasteiger partial charge in [-0.05, 0) is 192 Å². The number of hydrogen-bond donors (Lipinski definition) is 2. The standard InChI is InChI=1S/C42H32N2O2.C17H12ClN.C17H13NO.C11H7ClO.C6H7N/c1-3-15-39(16-4-1)43-41(37-25-23-33-11-7-9-13-35(33)27-37)45-29-31-19-21-32(22-20-31)30-46-42(44-40-17-5-2-6-18-40)38-26-24-34-12-8-10-14-36(34)28-38;18-17(19-16-8-2-1-3-9-16)15-11-10-13-6-4-5-7-14(13)12-15;19-17(18-16-8-2-1-3-9-16)15-11-10-13-6-4-5-7-14(13)12-15;12-11(13)10-6-5-8-3-1-2-4-9(8)7-10;7-6-4-2-1-3-5-6/h1-28H,29-30H2;1-12H;1-12H,(H,18,19);1-7H;1-5H,7H2. The van der Waals surface area contributed by atoms with Crippen molar-refractivity contribution in [2.24, 2.45) is 15.0 Å². The molecule has 0 saturated heterocycles. The van der Waals surface area contributed by atoms with Gasteiger partial charge in [0.15, 0.2) is 0 Å². The van der Waals surface area contributed by atoms with Crippen LogP contribution < -0.4 is 11.1 Å². The second-order valence-corrected chi connectivity index (χ2v) is 24.7. The molecule has 16 aromatic rings. The van der Waals surface area contributed by atoms with Gasteiger partial charge in [-0.2, -0.15) is 0 Å². The molecule has 0 bridgehead atoms. The maximum Gasteiger partial charge on any atom is 0.255 e. The normalized spacial score (nSPS) is 11.2. The molecule has 9 nitrogen and oxygen atoms in total. The van der Waals surface area contributed by atoms with E-state index in [2.05, 4.69) is 120 Å². The van der Waals surface area contributed by atoms with E-state index in [0.29, 0.717) is 41.3 Å². The molecule has 506 valence electrons. The van der Waals surface area contributed by atoms with Crippen LogP contribution in [0.4, 0.5) is 28.4 Å². The van der Waals surface area contributed by atoms with Crippen LogP contribution >= 0.6 is 23.2 Å². The molecule has 3 N–H and O–H groups in total. The topological polar surface area (TPSA) is 128 Å². The fourth-order valence-corrected chi connectivity index (χ4v) is 11.4. The Hall–Kier alpha value is -13.1. The summed E-state index contributed by atoms with van der Waals surface area (Å²) in [7, 11) is 0. The van der Waals surface area contributed by atoms with Gasteiger partial charge in [-0.15, -0.1) is 0 Å². The number of para-hydroxylation sites is 5. The molecule has 0 fully saturated rings. The minimum absolute atomic E-state index is 0.0862. The van der Waals surface area contributed by atoms with E-state index in [1.807, 2.05) is 267 Å². The monoisotopic (exact) mass is 1390 g/mol. The molecule has 0 saturated carbocycles. The number of nitrogen functional groups attached to an aromatic ring is 1. The fourth-order valence-electron chi connectivity index (χ4n) is 11.1. The van der Waals surface area contributed by atoms with Crippen LogP contribution in [0.25, 0.3) is 53.9 Å². The Bertz CT molecular complexity index is 5450. The summed E-state index contributed by atoms with van der Waals surface area (Å²) in [5.74, 6) is 1.08. The third kappa shape index (κ3) is 20.6. The van der Waals surface area contributed by atoms with Crippen molar-refractivity contribution in [2.75, 3.05) is 11.1 Å². The number of carbonyl (C=O) groups excluding carboxylic acids is 2. The number of anilines is 2. The summed E-state index contributed by atoms with van der Waals surface area (Å²) in [4.78, 5) is 37.1. The molecular formula is C93H71Cl2N5O4. The molecule has 104 heavy (non-hydrogen) atoms. The van der Waals surface area contributed by atoms with Gasteiger partial charge in [-0.25, -0.2) is 15.0 Å². The molecule has 0 aromatic heterocycles. The Labute approximate surface area is 615 Å². The number of carbonyl (C=O) groups is 2. The highest BCUT2D eigenvalue weighted by Crippen LogP contribution is 2.26. The number of hydrogen-bond acceptors (Lipinski definition) is 8. The Morgan fingerprint density at radius 1 is 0.288 bits per heavy atom. The first-order chi connectivity index (χ1) is 51.1. The zero-order valence-electron chi connectivity index (χ0n) is 56.7. The summed E-state index contributed by atoms with van der Waals surface area (Å²) >= 11 is 11.7. The van der Waals surface area contributed by atoms with Crippen LogP contribution in [0.1, 0.15) is 48.5 Å². The van der Waals surface area contributed by atoms with Crippen LogP contribution in [-0.4, -0.2) is 28.1 Å². The van der Waals surface area contributed by atoms with Crippen molar-refractivity contribution in [3.8, 4) is 0 Å². The van der Waals surface area contributed by atoms with Gasteiger partial charge in [0.05, 0.1) is 17.1 Å². The van der Waals surface area contributed by atoms with E-state index >= 15 is 0 Å². The summed E-state index contributed by atoms with van der Waals surface area (Å²) in [6, 6.07) is 127. The average Bonchev–Trinajstić information content (AvgIpc) is 0.839. The summed E-state index contributed by atoms with van der Waals surface area (Å²) in [6.07, 6.45) is 0. The summed E-state index contributed by atoms with van der Waals surface area (Å²) in [6.45, 7) is 0.773. The lowest BCUT2D eigenvalue weighted by molar-refractivity contribution is 0.102. The summed E-state index contributed by atoms with van der Waals surface area (Å²) in [5, 5.41) is 14.4. The van der Waals surface area contributed by atoms with Crippen molar-refractivity contribution in [3.05, 3.63) is 427 Å². The van der Waals surface area contributed by atoms with Crippen molar-refractivity contribution in [3.63, 3.8) is 0 Å². The highest BCUT2D eigenvalue weighted by Gasteiger charge is 2.13. The minimum Gasteiger partial charge on any atom is -0.472 e. The zero-order chi connectivity index (χ0) is 71.5. The summed E-state index contributed by atoms with van der Waals surface area (Å²) in [5.41, 5.74) is 15.6. The second-order valence-electron chi connectivity index (χ2n) is 24.0. The van der Waals surface area contributed by atoms with Gasteiger partial charge in [0.2, 0.25) is 11.8 Å². The van der Waals surface area contributed by atoms with Crippen LogP contribution in [0.3, 0.4) is 0 Å². The first kappa shape index (κ1) is 70.8. The molecule has 0 aliphatic heterocycles. The van der Waals surface area contributed by atoms with Crippen LogP contribution in [-0.2, 0) is 22.7 Å². The third-order valence-electron chi connectivity index (χ3n) is 16.5. The number of nitrogens with zero attached hydrogens (tertiary/aromatic N) is 3. The van der Waals surface area contributed by atoms with Gasteiger partial charge in [0.1, 0.15) is 18.4 Å². The molecule has 0 heterocycles. The number of benzene rings is 16. The van der Waals surface area contributed by atoms with Gasteiger partial charge in [0, 0.05) is 39.2 Å². The van der Waals surface area contributed by atoms with E-state index < -0.39 is 5.24 Å². The van der Waals surface area contributed by atoms with Crippen molar-refractivity contribution in [1.82, 2.24) is 0 Å². The second kappa shape index (κ2) is 36.3. The maximum atomic E-state index is 12.1. The van der Waals surface area contributed by atoms with E-state index in [1.54, 1.807) is 12.1 Å². The molecule has 1 amide bonds. The van der Waals surface area contributed by atoms with E-state index in [-0.39, 0.29) is 5.91 Å². The number of aliphatic imine (C=N–C) groups is 3. The van der Waals surface area contributed by atoms with Gasteiger partial charge < -0.3 is 20.5 Å². The average molecular weight is 1390 g/mol. The Morgan fingerprint density at radius 3 is 0.923 bits per heavy atom. The van der Waals surface area contributed by atoms with E-state index in [1.165, 1.54) is 21.5 Å². The number of amides is 1.